The maximum atomic E-state index is 11.4. The van der Waals surface area contributed by atoms with E-state index < -0.39 is 93.8 Å². The van der Waals surface area contributed by atoms with E-state index in [4.69, 9.17) is 25.3 Å². The van der Waals surface area contributed by atoms with Crippen LogP contribution in [0.25, 0.3) is 8.25 Å². The van der Waals surface area contributed by atoms with E-state index in [1.54, 1.807) is 6.92 Å². The number of nitrogens with zero attached hydrogens (tertiary/aromatic N) is 2. The zero-order chi connectivity index (χ0) is 92.3. The van der Waals surface area contributed by atoms with Crippen LogP contribution in [0.4, 0.5) is 52.7 Å². The minimum absolute atomic E-state index is 0. The Morgan fingerprint density at radius 3 is 0.400 bits per heavy atom. The number of ether oxygens (including phenoxy) is 1. The van der Waals surface area contributed by atoms with Crippen molar-refractivity contribution in [3.8, 4) is 0 Å². The molecule has 0 saturated carbocycles. The molecule has 0 aromatic heterocycles. The minimum atomic E-state index is -6.72. The molecule has 0 aliphatic heterocycles. The van der Waals surface area contributed by atoms with Gasteiger partial charge in [0.2, 0.25) is 0 Å². The molecule has 0 amide bonds. The Labute approximate surface area is 828 Å². The van der Waals surface area contributed by atoms with Crippen LogP contribution < -0.4 is 63.7 Å². The van der Waals surface area contributed by atoms with Gasteiger partial charge in [0, 0.05) is 6.92 Å². The number of hydrogen-bond acceptors (Lipinski definition) is 12. The first kappa shape index (κ1) is 119. The van der Waals surface area contributed by atoms with Crippen LogP contribution in [0.1, 0.15) is 13.8 Å². The van der Waals surface area contributed by atoms with Gasteiger partial charge >= 0.3 is 118 Å². The average Bonchev–Trinajstić information content (AvgIpc) is 0.786. The Balaban J connectivity index is 0.000000504. The summed E-state index contributed by atoms with van der Waals surface area (Å²) in [7, 11) is -30.4. The van der Waals surface area contributed by atoms with Crippen molar-refractivity contribution in [3.63, 3.8) is 0 Å². The van der Waals surface area contributed by atoms with Gasteiger partial charge in [-0.3, -0.25) is 4.79 Å². The molecular formula is C92H82Au4F12N2O10P4S6+4. The fraction of sp³-hybridized carbons (Fsp3) is 0.0761. The maximum Gasteiger partial charge on any atom is 1.00 e. The van der Waals surface area contributed by atoms with Gasteiger partial charge < -0.3 is 38.2 Å². The first-order valence-electron chi connectivity index (χ1n) is 37.2. The predicted octanol–water partition coefficient (Wildman–Crippen LogP) is 18.6. The van der Waals surface area contributed by atoms with Crippen molar-refractivity contribution >= 4 is 167 Å². The van der Waals surface area contributed by atoms with E-state index >= 15 is 0 Å². The SMILES string of the molecule is CCOC(C)=O.O=S(=O)([N-]S(=O)(=O)C(F)(F)F)C(F)(F)F.O=S(=O)([N-]S(=O)(=O)C(F)(F)F)C(F)(F)F.[Au+].[Au+].[Au+].[Au+].[S-]c1ccccc1.[S-]c1ccccc1.c1ccc([PH+](c2ccccc2)c2ccccc2)cc1.c1ccc([PH+](c2ccccc2)c2ccccc2)cc1.c1ccc([PH+](c2ccccc2)c2ccccc2)cc1.c1ccc([PH+](c2ccccc2)c2ccccc2)cc1. The first-order chi connectivity index (χ1) is 59.8. The second kappa shape index (κ2) is 60.0. The van der Waals surface area contributed by atoms with Crippen molar-refractivity contribution in [1.82, 2.24) is 0 Å². The van der Waals surface area contributed by atoms with Crippen LogP contribution in [0, 0.1) is 0 Å². The summed E-state index contributed by atoms with van der Waals surface area (Å²) < 4.78 is 223. The Kier molecular flexibility index (Phi) is 54.8. The number of carbonyl (C=O) groups excluding carboxylic acids is 1. The molecule has 0 atom stereocenters. The molecule has 14 rings (SSSR count). The van der Waals surface area contributed by atoms with E-state index in [2.05, 4.69) is 369 Å². The van der Waals surface area contributed by atoms with Crippen molar-refractivity contribution in [3.05, 3.63) is 433 Å². The Morgan fingerprint density at radius 1 is 0.238 bits per heavy atom. The van der Waals surface area contributed by atoms with Crippen LogP contribution in [-0.4, -0.2) is 68.3 Å². The molecule has 12 nitrogen and oxygen atoms in total. The topological polar surface area (TPSA) is 191 Å². The van der Waals surface area contributed by atoms with Crippen LogP contribution in [0.15, 0.2) is 434 Å². The van der Waals surface area contributed by atoms with Crippen LogP contribution in [-0.2, 0) is 164 Å². The van der Waals surface area contributed by atoms with Crippen molar-refractivity contribution in [2.24, 2.45) is 0 Å². The van der Waals surface area contributed by atoms with Gasteiger partial charge in [0.1, 0.15) is 63.7 Å². The van der Waals surface area contributed by atoms with Gasteiger partial charge in [-0.1, -0.05) is 279 Å². The number of benzene rings is 14. The molecule has 14 aromatic carbocycles. The molecule has 0 spiro atoms. The van der Waals surface area contributed by atoms with E-state index in [9.17, 15) is 91.2 Å². The van der Waals surface area contributed by atoms with Crippen LogP contribution in [0.3, 0.4) is 0 Å². The van der Waals surface area contributed by atoms with Crippen molar-refractivity contribution in [2.75, 3.05) is 6.61 Å². The van der Waals surface area contributed by atoms with Gasteiger partial charge in [0.05, 0.1) is 38.3 Å². The fourth-order valence-corrected chi connectivity index (χ4v) is 24.8. The first-order valence-corrected chi connectivity index (χ1v) is 49.8. The van der Waals surface area contributed by atoms with Crippen molar-refractivity contribution in [1.29, 1.82) is 0 Å². The average molecular weight is 2710 g/mol. The Bertz CT molecular complexity index is 4880. The Morgan fingerprint density at radius 2 is 0.338 bits per heavy atom. The van der Waals surface area contributed by atoms with Gasteiger partial charge in [-0.15, -0.1) is 0 Å². The van der Waals surface area contributed by atoms with Crippen LogP contribution in [0.5, 0.6) is 0 Å². The largest absolute Gasteiger partial charge is 1.00 e. The molecule has 0 aliphatic rings. The standard InChI is InChI=1S/4C18H15P.2C6H6S.C4H8O2.2C2F6NO4S2.4Au/c4*1-4-10-16(11-5-1)19(17-12-6-2-7-13-17)18-14-8-3-9-15-18;2*7-6-4-2-1-3-5-6;1-3-6-4(2)5;2*3-1(4,5)14(10,11)9-15(12,13)2(6,7)8;;;;/h4*1-15H;2*1-5,7H;3H2,1-2H3;;;;;;/q;;;;;;;2*-1;4*+1/p+2. The van der Waals surface area contributed by atoms with E-state index in [0.717, 1.165) is 18.0 Å². The molecule has 0 unspecified atom stereocenters. The fourth-order valence-electron chi connectivity index (χ4n) is 10.7. The number of hydrogen-bond donors (Lipinski definition) is 0. The number of rotatable bonds is 17. The zero-order valence-electron chi connectivity index (χ0n) is 67.8. The van der Waals surface area contributed by atoms with Gasteiger partial charge in [-0.2, -0.15) is 62.5 Å². The molecule has 130 heavy (non-hydrogen) atoms. The summed E-state index contributed by atoms with van der Waals surface area (Å²) in [4.78, 5) is 11.6. The molecule has 0 bridgehead atoms. The normalized spacial score (nSPS) is 11.0. The van der Waals surface area contributed by atoms with Gasteiger partial charge in [-0.05, 0) is 153 Å². The number of sulfonamides is 4. The van der Waals surface area contributed by atoms with E-state index in [-0.39, 0.29) is 95.5 Å². The molecule has 0 heterocycles. The second-order valence-electron chi connectivity index (χ2n) is 25.3. The molecule has 0 aliphatic carbocycles. The van der Waals surface area contributed by atoms with Crippen LogP contribution >= 0.6 is 31.7 Å². The predicted molar refractivity (Wildman–Crippen MR) is 499 cm³/mol. The van der Waals surface area contributed by atoms with E-state index in [0.29, 0.717) is 6.61 Å². The summed E-state index contributed by atoms with van der Waals surface area (Å²) in [6.45, 7) is 3.65. The number of carbonyl (C=O) groups is 1. The summed E-state index contributed by atoms with van der Waals surface area (Å²) in [6.07, 6.45) is 0. The quantitative estimate of drug-likeness (QED) is 0.0276. The third-order valence-electron chi connectivity index (χ3n) is 16.1. The summed E-state index contributed by atoms with van der Waals surface area (Å²) in [5.74, 6) is -0.211. The third-order valence-corrected chi connectivity index (χ3v) is 33.1. The molecule has 0 saturated heterocycles. The number of halogens is 12. The van der Waals surface area contributed by atoms with Gasteiger partial charge in [-0.25, -0.2) is 33.7 Å². The summed E-state index contributed by atoms with van der Waals surface area (Å²) in [5, 5.41) is 17.2. The van der Waals surface area contributed by atoms with Gasteiger partial charge in [0.25, 0.3) is 0 Å². The van der Waals surface area contributed by atoms with Gasteiger partial charge in [0.15, 0.2) is 40.1 Å². The van der Waals surface area contributed by atoms with E-state index in [1.807, 2.05) is 60.7 Å². The molecule has 0 N–H and O–H groups in total. The molecule has 0 radical (unpaired) electrons. The summed E-state index contributed by atoms with van der Waals surface area (Å²) in [6, 6.07) is 149. The molecule has 0 fully saturated rings. The Hall–Kier alpha value is -7.45. The molecule has 700 valence electrons. The minimum Gasteiger partial charge on any atom is -0.780 e. The van der Waals surface area contributed by atoms with Crippen LogP contribution in [0.2, 0.25) is 0 Å². The molecular weight excluding hydrogens is 2630 g/mol. The molecule has 38 heteroatoms. The molecule has 14 aromatic rings. The van der Waals surface area contributed by atoms with Crippen molar-refractivity contribution in [2.45, 2.75) is 45.7 Å². The monoisotopic (exact) mass is 2710 g/mol. The number of alkyl halides is 12. The summed E-state index contributed by atoms with van der Waals surface area (Å²) >= 11 is 9.62. The van der Waals surface area contributed by atoms with E-state index in [1.165, 1.54) is 70.6 Å². The van der Waals surface area contributed by atoms with Crippen molar-refractivity contribution < 1.29 is 185 Å². The third kappa shape index (κ3) is 41.6. The zero-order valence-corrected chi connectivity index (χ0v) is 85.4. The smallest absolute Gasteiger partial charge is 0.780 e. The number of esters is 1. The summed E-state index contributed by atoms with van der Waals surface area (Å²) in [5.41, 5.74) is -24.8. The second-order valence-corrected chi connectivity index (χ2v) is 43.0. The maximum absolute atomic E-state index is 11.4.